The van der Waals surface area contributed by atoms with E-state index in [2.05, 4.69) is 37.4 Å². The van der Waals surface area contributed by atoms with E-state index in [1.54, 1.807) is 0 Å². The summed E-state index contributed by atoms with van der Waals surface area (Å²) in [7, 11) is 0. The molecule has 0 fully saturated rings. The van der Waals surface area contributed by atoms with Crippen molar-refractivity contribution in [3.05, 3.63) is 58.1 Å². The highest BCUT2D eigenvalue weighted by atomic mass is 35.5. The SMILES string of the molecule is CCOc1ccc(NCc2ccc(Cl)cc2C)c(C)c1. The van der Waals surface area contributed by atoms with E-state index >= 15 is 0 Å². The van der Waals surface area contributed by atoms with Gasteiger partial charge in [-0.25, -0.2) is 0 Å². The molecule has 0 heterocycles. The Bertz CT molecular complexity index is 596. The van der Waals surface area contributed by atoms with Crippen LogP contribution in [0.5, 0.6) is 5.75 Å². The summed E-state index contributed by atoms with van der Waals surface area (Å²) in [6.07, 6.45) is 0. The van der Waals surface area contributed by atoms with E-state index in [9.17, 15) is 0 Å². The lowest BCUT2D eigenvalue weighted by Crippen LogP contribution is -2.03. The number of halogens is 1. The topological polar surface area (TPSA) is 21.3 Å². The molecule has 20 heavy (non-hydrogen) atoms. The van der Waals surface area contributed by atoms with E-state index in [-0.39, 0.29) is 0 Å². The van der Waals surface area contributed by atoms with Gasteiger partial charge in [0.05, 0.1) is 6.61 Å². The highest BCUT2D eigenvalue weighted by Crippen LogP contribution is 2.23. The van der Waals surface area contributed by atoms with Crippen molar-refractivity contribution in [2.75, 3.05) is 11.9 Å². The largest absolute Gasteiger partial charge is 0.494 e. The quantitative estimate of drug-likeness (QED) is 0.839. The molecule has 106 valence electrons. The second-order valence-electron chi connectivity index (χ2n) is 4.83. The summed E-state index contributed by atoms with van der Waals surface area (Å²) in [6.45, 7) is 7.63. The molecule has 0 amide bonds. The molecule has 2 rings (SSSR count). The van der Waals surface area contributed by atoms with Crippen molar-refractivity contribution in [2.45, 2.75) is 27.3 Å². The van der Waals surface area contributed by atoms with Crippen molar-refractivity contribution in [1.29, 1.82) is 0 Å². The smallest absolute Gasteiger partial charge is 0.119 e. The second kappa shape index (κ2) is 6.67. The molecule has 0 unspecified atom stereocenters. The van der Waals surface area contributed by atoms with Crippen molar-refractivity contribution >= 4 is 17.3 Å². The molecule has 1 N–H and O–H groups in total. The molecule has 0 aromatic heterocycles. The van der Waals surface area contributed by atoms with Gasteiger partial charge >= 0.3 is 0 Å². The van der Waals surface area contributed by atoms with E-state index in [1.807, 2.05) is 25.1 Å². The Kier molecular flexibility index (Phi) is 4.91. The minimum absolute atomic E-state index is 0.691. The Balaban J connectivity index is 2.07. The molecular weight excluding hydrogens is 270 g/mol. The van der Waals surface area contributed by atoms with Crippen LogP contribution in [0.25, 0.3) is 0 Å². The molecule has 2 nitrogen and oxygen atoms in total. The van der Waals surface area contributed by atoms with Gasteiger partial charge in [-0.3, -0.25) is 0 Å². The maximum atomic E-state index is 5.97. The number of benzene rings is 2. The lowest BCUT2D eigenvalue weighted by atomic mass is 10.1. The predicted octanol–water partition coefficient (Wildman–Crippen LogP) is 4.97. The van der Waals surface area contributed by atoms with Gasteiger partial charge in [-0.2, -0.15) is 0 Å². The minimum atomic E-state index is 0.691. The minimum Gasteiger partial charge on any atom is -0.494 e. The highest BCUT2D eigenvalue weighted by molar-refractivity contribution is 6.30. The Hall–Kier alpha value is -1.67. The van der Waals surface area contributed by atoms with E-state index < -0.39 is 0 Å². The molecule has 0 spiro atoms. The molecule has 0 aliphatic carbocycles. The third-order valence-corrected chi connectivity index (χ3v) is 3.52. The lowest BCUT2D eigenvalue weighted by Gasteiger charge is -2.13. The maximum Gasteiger partial charge on any atom is 0.119 e. The fourth-order valence-corrected chi connectivity index (χ4v) is 2.37. The zero-order chi connectivity index (χ0) is 14.5. The van der Waals surface area contributed by atoms with Crippen molar-refractivity contribution in [3.63, 3.8) is 0 Å². The van der Waals surface area contributed by atoms with Gasteiger partial charge in [-0.1, -0.05) is 17.7 Å². The first-order chi connectivity index (χ1) is 9.60. The molecule has 0 radical (unpaired) electrons. The van der Waals surface area contributed by atoms with E-state index in [0.29, 0.717) is 6.61 Å². The molecule has 0 saturated carbocycles. The van der Waals surface area contributed by atoms with Crippen LogP contribution in [0.15, 0.2) is 36.4 Å². The average Bonchev–Trinajstić information content (AvgIpc) is 2.40. The van der Waals surface area contributed by atoms with Crippen LogP contribution in [0.2, 0.25) is 5.02 Å². The van der Waals surface area contributed by atoms with Crippen LogP contribution in [0, 0.1) is 13.8 Å². The van der Waals surface area contributed by atoms with Crippen LogP contribution in [-0.4, -0.2) is 6.61 Å². The zero-order valence-electron chi connectivity index (χ0n) is 12.2. The van der Waals surface area contributed by atoms with E-state index in [1.165, 1.54) is 16.7 Å². The van der Waals surface area contributed by atoms with Crippen molar-refractivity contribution in [1.82, 2.24) is 0 Å². The average molecular weight is 290 g/mol. The first kappa shape index (κ1) is 14.7. The molecule has 0 saturated heterocycles. The number of nitrogens with one attached hydrogen (secondary N) is 1. The van der Waals surface area contributed by atoms with E-state index in [4.69, 9.17) is 16.3 Å². The Morgan fingerprint density at radius 3 is 2.50 bits per heavy atom. The van der Waals surface area contributed by atoms with Crippen LogP contribution in [0.4, 0.5) is 5.69 Å². The molecule has 2 aromatic carbocycles. The summed E-state index contributed by atoms with van der Waals surface area (Å²) in [6, 6.07) is 12.1. The summed E-state index contributed by atoms with van der Waals surface area (Å²) in [5.41, 5.74) is 4.77. The summed E-state index contributed by atoms with van der Waals surface area (Å²) < 4.78 is 5.49. The molecule has 0 atom stereocenters. The molecule has 0 aliphatic rings. The first-order valence-electron chi connectivity index (χ1n) is 6.82. The van der Waals surface area contributed by atoms with Crippen molar-refractivity contribution in [2.24, 2.45) is 0 Å². The standard InChI is InChI=1S/C17H20ClNO/c1-4-20-16-7-8-17(13(3)10-16)19-11-14-5-6-15(18)9-12(14)2/h5-10,19H,4,11H2,1-3H3. The number of aryl methyl sites for hydroxylation is 2. The van der Waals surface area contributed by atoms with Crippen molar-refractivity contribution in [3.8, 4) is 5.75 Å². The van der Waals surface area contributed by atoms with Crippen LogP contribution in [0.1, 0.15) is 23.6 Å². The summed E-state index contributed by atoms with van der Waals surface area (Å²) in [5.74, 6) is 0.915. The molecular formula is C17H20ClNO. The summed E-state index contributed by atoms with van der Waals surface area (Å²) in [4.78, 5) is 0. The van der Waals surface area contributed by atoms with E-state index in [0.717, 1.165) is 23.0 Å². The molecule has 0 aliphatic heterocycles. The van der Waals surface area contributed by atoms with Crippen molar-refractivity contribution < 1.29 is 4.74 Å². The van der Waals surface area contributed by atoms with Gasteiger partial charge in [-0.05, 0) is 67.8 Å². The van der Waals surface area contributed by atoms with Gasteiger partial charge in [0.1, 0.15) is 5.75 Å². The fourth-order valence-electron chi connectivity index (χ4n) is 2.14. The second-order valence-corrected chi connectivity index (χ2v) is 5.27. The number of anilines is 1. The van der Waals surface area contributed by atoms with Crippen LogP contribution >= 0.6 is 11.6 Å². The van der Waals surface area contributed by atoms with Gasteiger partial charge < -0.3 is 10.1 Å². The molecule has 3 heteroatoms. The number of rotatable bonds is 5. The van der Waals surface area contributed by atoms with Gasteiger partial charge in [0.25, 0.3) is 0 Å². The van der Waals surface area contributed by atoms with Gasteiger partial charge in [0.2, 0.25) is 0 Å². The third-order valence-electron chi connectivity index (χ3n) is 3.28. The number of hydrogen-bond acceptors (Lipinski definition) is 2. The first-order valence-corrected chi connectivity index (χ1v) is 7.20. The Morgan fingerprint density at radius 1 is 1.05 bits per heavy atom. The number of ether oxygens (including phenoxy) is 1. The normalized spacial score (nSPS) is 10.4. The Labute approximate surface area is 125 Å². The zero-order valence-corrected chi connectivity index (χ0v) is 12.9. The summed E-state index contributed by atoms with van der Waals surface area (Å²) >= 11 is 5.97. The van der Waals surface area contributed by atoms with Gasteiger partial charge in [-0.15, -0.1) is 0 Å². The van der Waals surface area contributed by atoms with Crippen LogP contribution < -0.4 is 10.1 Å². The fraction of sp³-hybridized carbons (Fsp3) is 0.294. The number of hydrogen-bond donors (Lipinski definition) is 1. The van der Waals surface area contributed by atoms with Gasteiger partial charge in [0, 0.05) is 17.3 Å². The van der Waals surface area contributed by atoms with Gasteiger partial charge in [0.15, 0.2) is 0 Å². The summed E-state index contributed by atoms with van der Waals surface area (Å²) in [5, 5.41) is 4.24. The molecule has 2 aromatic rings. The van der Waals surface area contributed by atoms with Crippen LogP contribution in [0.3, 0.4) is 0 Å². The lowest BCUT2D eigenvalue weighted by molar-refractivity contribution is 0.340. The highest BCUT2D eigenvalue weighted by Gasteiger charge is 2.03. The molecule has 0 bridgehead atoms. The predicted molar refractivity (Wildman–Crippen MR) is 85.9 cm³/mol. The van der Waals surface area contributed by atoms with Crippen LogP contribution in [-0.2, 0) is 6.54 Å². The maximum absolute atomic E-state index is 5.97. The third kappa shape index (κ3) is 3.67. The monoisotopic (exact) mass is 289 g/mol. The Morgan fingerprint density at radius 2 is 1.85 bits per heavy atom.